The van der Waals surface area contributed by atoms with Crippen LogP contribution < -0.4 is 10.6 Å². The van der Waals surface area contributed by atoms with E-state index in [1.54, 1.807) is 24.3 Å². The van der Waals surface area contributed by atoms with E-state index in [-0.39, 0.29) is 5.78 Å². The molecule has 102 valence electrons. The fourth-order valence-corrected chi connectivity index (χ4v) is 2.60. The smallest absolute Gasteiger partial charge is 0.193 e. The summed E-state index contributed by atoms with van der Waals surface area (Å²) >= 11 is 0. The summed E-state index contributed by atoms with van der Waals surface area (Å²) in [5.41, 5.74) is 8.91. The van der Waals surface area contributed by atoms with Crippen LogP contribution in [0.15, 0.2) is 48.5 Å². The molecule has 0 aliphatic carbocycles. The van der Waals surface area contributed by atoms with Gasteiger partial charge in [-0.1, -0.05) is 0 Å². The average molecular weight is 266 g/mol. The monoisotopic (exact) mass is 266 g/mol. The third-order valence-corrected chi connectivity index (χ3v) is 3.77. The lowest BCUT2D eigenvalue weighted by molar-refractivity contribution is 0.103. The molecule has 3 rings (SSSR count). The van der Waals surface area contributed by atoms with Gasteiger partial charge in [-0.05, 0) is 61.4 Å². The van der Waals surface area contributed by atoms with Gasteiger partial charge in [0.1, 0.15) is 0 Å². The van der Waals surface area contributed by atoms with Gasteiger partial charge in [-0.25, -0.2) is 0 Å². The first-order valence-corrected chi connectivity index (χ1v) is 6.99. The predicted molar refractivity (Wildman–Crippen MR) is 82.2 cm³/mol. The molecule has 2 N–H and O–H groups in total. The molecule has 0 atom stereocenters. The van der Waals surface area contributed by atoms with Crippen molar-refractivity contribution in [2.45, 2.75) is 12.8 Å². The molecule has 20 heavy (non-hydrogen) atoms. The Balaban J connectivity index is 1.80. The Morgan fingerprint density at radius 3 is 1.90 bits per heavy atom. The van der Waals surface area contributed by atoms with Crippen LogP contribution >= 0.6 is 0 Å². The summed E-state index contributed by atoms with van der Waals surface area (Å²) in [7, 11) is 0. The molecule has 0 unspecified atom stereocenters. The minimum Gasteiger partial charge on any atom is -0.399 e. The maximum Gasteiger partial charge on any atom is 0.193 e. The predicted octanol–water partition coefficient (Wildman–Crippen LogP) is 3.10. The van der Waals surface area contributed by atoms with Gasteiger partial charge in [0.25, 0.3) is 0 Å². The van der Waals surface area contributed by atoms with E-state index in [4.69, 9.17) is 5.73 Å². The number of nitrogen functional groups attached to an aromatic ring is 1. The van der Waals surface area contributed by atoms with Crippen molar-refractivity contribution in [2.75, 3.05) is 23.7 Å². The van der Waals surface area contributed by atoms with Crippen LogP contribution in [0.3, 0.4) is 0 Å². The summed E-state index contributed by atoms with van der Waals surface area (Å²) in [6.07, 6.45) is 2.51. The Hall–Kier alpha value is -2.29. The fourth-order valence-electron chi connectivity index (χ4n) is 2.60. The number of hydrogen-bond acceptors (Lipinski definition) is 3. The second kappa shape index (κ2) is 5.37. The number of nitrogens with two attached hydrogens (primary N) is 1. The maximum atomic E-state index is 12.3. The van der Waals surface area contributed by atoms with E-state index >= 15 is 0 Å². The number of hydrogen-bond donors (Lipinski definition) is 1. The summed E-state index contributed by atoms with van der Waals surface area (Å²) in [5, 5.41) is 0. The summed E-state index contributed by atoms with van der Waals surface area (Å²) in [5.74, 6) is 0.0398. The second-order valence-electron chi connectivity index (χ2n) is 5.19. The van der Waals surface area contributed by atoms with Gasteiger partial charge in [-0.3, -0.25) is 4.79 Å². The lowest BCUT2D eigenvalue weighted by atomic mass is 10.0. The van der Waals surface area contributed by atoms with Crippen molar-refractivity contribution in [1.29, 1.82) is 0 Å². The summed E-state index contributed by atoms with van der Waals surface area (Å²) < 4.78 is 0. The third-order valence-electron chi connectivity index (χ3n) is 3.77. The van der Waals surface area contributed by atoms with Gasteiger partial charge in [-0.15, -0.1) is 0 Å². The Morgan fingerprint density at radius 2 is 1.35 bits per heavy atom. The molecule has 3 heteroatoms. The zero-order chi connectivity index (χ0) is 13.9. The van der Waals surface area contributed by atoms with Gasteiger partial charge >= 0.3 is 0 Å². The lowest BCUT2D eigenvalue weighted by Crippen LogP contribution is -2.17. The second-order valence-corrected chi connectivity index (χ2v) is 5.19. The molecule has 1 heterocycles. The van der Waals surface area contributed by atoms with Crippen LogP contribution in [-0.2, 0) is 0 Å². The number of benzene rings is 2. The highest BCUT2D eigenvalue weighted by Crippen LogP contribution is 2.21. The first-order valence-electron chi connectivity index (χ1n) is 6.99. The van der Waals surface area contributed by atoms with Crippen molar-refractivity contribution in [1.82, 2.24) is 0 Å². The van der Waals surface area contributed by atoms with Crippen molar-refractivity contribution < 1.29 is 4.79 Å². The number of rotatable bonds is 3. The van der Waals surface area contributed by atoms with E-state index in [1.807, 2.05) is 24.3 Å². The number of carbonyl (C=O) groups excluding carboxylic acids is 1. The molecule has 1 fully saturated rings. The lowest BCUT2D eigenvalue weighted by Gasteiger charge is -2.17. The SMILES string of the molecule is Nc1ccc(C(=O)c2ccc(N3CCCC3)cc2)cc1. The van der Waals surface area contributed by atoms with E-state index in [9.17, 15) is 4.79 Å². The Morgan fingerprint density at radius 1 is 0.850 bits per heavy atom. The van der Waals surface area contributed by atoms with Crippen molar-refractivity contribution in [3.63, 3.8) is 0 Å². The Labute approximate surface area is 119 Å². The zero-order valence-electron chi connectivity index (χ0n) is 11.4. The number of ketones is 1. The Bertz CT molecular complexity index is 596. The molecule has 1 aliphatic rings. The van der Waals surface area contributed by atoms with Crippen LogP contribution in [0.5, 0.6) is 0 Å². The molecule has 0 aromatic heterocycles. The zero-order valence-corrected chi connectivity index (χ0v) is 11.4. The standard InChI is InChI=1S/C17H18N2O/c18-15-7-3-13(4-8-15)17(20)14-5-9-16(10-6-14)19-11-1-2-12-19/h3-10H,1-2,11-12,18H2. The minimum atomic E-state index is 0.0398. The molecule has 1 saturated heterocycles. The summed E-state index contributed by atoms with van der Waals surface area (Å²) in [4.78, 5) is 14.7. The van der Waals surface area contributed by atoms with Gasteiger partial charge < -0.3 is 10.6 Å². The molecule has 0 amide bonds. The van der Waals surface area contributed by atoms with E-state index in [2.05, 4.69) is 4.90 Å². The quantitative estimate of drug-likeness (QED) is 0.686. The molecule has 0 spiro atoms. The first-order chi connectivity index (χ1) is 9.74. The van der Waals surface area contributed by atoms with E-state index < -0.39 is 0 Å². The number of anilines is 2. The van der Waals surface area contributed by atoms with Crippen LogP contribution in [0.4, 0.5) is 11.4 Å². The molecular formula is C17H18N2O. The van der Waals surface area contributed by atoms with Gasteiger partial charge in [0.15, 0.2) is 5.78 Å². The Kier molecular flexibility index (Phi) is 3.42. The van der Waals surface area contributed by atoms with Crippen molar-refractivity contribution in [2.24, 2.45) is 0 Å². The largest absolute Gasteiger partial charge is 0.399 e. The van der Waals surface area contributed by atoms with Gasteiger partial charge in [0.2, 0.25) is 0 Å². The van der Waals surface area contributed by atoms with Crippen molar-refractivity contribution in [3.8, 4) is 0 Å². The van der Waals surface area contributed by atoms with Crippen LogP contribution in [0.1, 0.15) is 28.8 Å². The highest BCUT2D eigenvalue weighted by molar-refractivity contribution is 6.09. The molecule has 2 aromatic carbocycles. The third kappa shape index (κ3) is 2.52. The fraction of sp³-hybridized carbons (Fsp3) is 0.235. The molecule has 2 aromatic rings. The number of nitrogens with zero attached hydrogens (tertiary/aromatic N) is 1. The van der Waals surface area contributed by atoms with Crippen LogP contribution in [0.2, 0.25) is 0 Å². The van der Waals surface area contributed by atoms with Crippen LogP contribution in [-0.4, -0.2) is 18.9 Å². The molecular weight excluding hydrogens is 248 g/mol. The normalized spacial score (nSPS) is 14.5. The van der Waals surface area contributed by atoms with E-state index in [1.165, 1.54) is 18.5 Å². The van der Waals surface area contributed by atoms with E-state index in [0.717, 1.165) is 18.7 Å². The van der Waals surface area contributed by atoms with E-state index in [0.29, 0.717) is 11.3 Å². The van der Waals surface area contributed by atoms with Crippen LogP contribution in [0, 0.1) is 0 Å². The first kappa shape index (κ1) is 12.7. The summed E-state index contributed by atoms with van der Waals surface area (Å²) in [6, 6.07) is 14.9. The molecule has 3 nitrogen and oxygen atoms in total. The van der Waals surface area contributed by atoms with Gasteiger partial charge in [0.05, 0.1) is 0 Å². The summed E-state index contributed by atoms with van der Waals surface area (Å²) in [6.45, 7) is 2.23. The van der Waals surface area contributed by atoms with Crippen molar-refractivity contribution in [3.05, 3.63) is 59.7 Å². The maximum absolute atomic E-state index is 12.3. The molecule has 0 radical (unpaired) electrons. The molecule has 0 bridgehead atoms. The van der Waals surface area contributed by atoms with Gasteiger partial charge in [-0.2, -0.15) is 0 Å². The van der Waals surface area contributed by atoms with Gasteiger partial charge in [0, 0.05) is 35.6 Å². The highest BCUT2D eigenvalue weighted by atomic mass is 16.1. The average Bonchev–Trinajstić information content (AvgIpc) is 3.02. The highest BCUT2D eigenvalue weighted by Gasteiger charge is 2.13. The molecule has 1 aliphatic heterocycles. The van der Waals surface area contributed by atoms with Crippen molar-refractivity contribution >= 4 is 17.2 Å². The molecule has 0 saturated carbocycles. The van der Waals surface area contributed by atoms with Crippen LogP contribution in [0.25, 0.3) is 0 Å². The minimum absolute atomic E-state index is 0.0398. The number of carbonyl (C=O) groups is 1. The topological polar surface area (TPSA) is 46.3 Å².